The molecular weight excluding hydrogens is 346 g/mol. The molecule has 1 fully saturated rings. The van der Waals surface area contributed by atoms with Gasteiger partial charge in [0.05, 0.1) is 5.52 Å². The van der Waals surface area contributed by atoms with Gasteiger partial charge in [-0.15, -0.1) is 0 Å². The molecule has 0 bridgehead atoms. The summed E-state index contributed by atoms with van der Waals surface area (Å²) in [5.74, 6) is 1.70. The zero-order chi connectivity index (χ0) is 17.9. The van der Waals surface area contributed by atoms with Crippen molar-refractivity contribution in [1.29, 1.82) is 0 Å². The third kappa shape index (κ3) is 3.40. The Hall–Kier alpha value is -2.53. The molecule has 6 heteroatoms. The van der Waals surface area contributed by atoms with Crippen molar-refractivity contribution in [1.82, 2.24) is 9.97 Å². The van der Waals surface area contributed by atoms with Crippen LogP contribution in [0.3, 0.4) is 0 Å². The number of para-hydroxylation sites is 1. The van der Waals surface area contributed by atoms with Crippen molar-refractivity contribution < 1.29 is 0 Å². The van der Waals surface area contributed by atoms with Crippen LogP contribution in [0.1, 0.15) is 6.92 Å². The second-order valence-corrected chi connectivity index (χ2v) is 6.81. The third-order valence-corrected chi connectivity index (χ3v) is 4.91. The number of fused-ring (bicyclic) bond motifs is 1. The van der Waals surface area contributed by atoms with Gasteiger partial charge in [0.2, 0.25) is 5.95 Å². The van der Waals surface area contributed by atoms with E-state index in [1.165, 1.54) is 5.69 Å². The molecule has 2 aromatic carbocycles. The van der Waals surface area contributed by atoms with Crippen molar-refractivity contribution in [2.24, 2.45) is 0 Å². The monoisotopic (exact) mass is 367 g/mol. The van der Waals surface area contributed by atoms with E-state index in [-0.39, 0.29) is 0 Å². The van der Waals surface area contributed by atoms with Gasteiger partial charge in [0.1, 0.15) is 5.82 Å². The molecule has 2 heterocycles. The van der Waals surface area contributed by atoms with Crippen molar-refractivity contribution in [3.05, 3.63) is 53.6 Å². The zero-order valence-electron chi connectivity index (χ0n) is 14.8. The maximum Gasteiger partial charge on any atom is 0.228 e. The quantitative estimate of drug-likeness (QED) is 0.753. The predicted molar refractivity (Wildman–Crippen MR) is 110 cm³/mol. The van der Waals surface area contributed by atoms with Gasteiger partial charge < -0.3 is 15.1 Å². The molecule has 134 valence electrons. The van der Waals surface area contributed by atoms with E-state index in [4.69, 9.17) is 21.6 Å². The van der Waals surface area contributed by atoms with Crippen LogP contribution in [0.5, 0.6) is 0 Å². The molecule has 1 aliphatic rings. The molecular formula is C20H22ClN5. The molecule has 26 heavy (non-hydrogen) atoms. The molecule has 0 radical (unpaired) electrons. The Morgan fingerprint density at radius 2 is 1.73 bits per heavy atom. The topological polar surface area (TPSA) is 44.3 Å². The van der Waals surface area contributed by atoms with E-state index in [9.17, 15) is 0 Å². The molecule has 1 aromatic heterocycles. The predicted octanol–water partition coefficient (Wildman–Crippen LogP) is 4.04. The molecule has 0 aliphatic carbocycles. The van der Waals surface area contributed by atoms with E-state index in [1.807, 2.05) is 36.4 Å². The van der Waals surface area contributed by atoms with Crippen LogP contribution in [-0.4, -0.2) is 42.7 Å². The van der Waals surface area contributed by atoms with Crippen molar-refractivity contribution in [3.8, 4) is 0 Å². The molecule has 4 rings (SSSR count). The lowest BCUT2D eigenvalue weighted by molar-refractivity contribution is 0.641. The van der Waals surface area contributed by atoms with E-state index in [0.29, 0.717) is 0 Å². The largest absolute Gasteiger partial charge is 0.370 e. The first-order valence-corrected chi connectivity index (χ1v) is 9.38. The van der Waals surface area contributed by atoms with Crippen molar-refractivity contribution in [2.75, 3.05) is 47.8 Å². The fraction of sp³-hybridized carbons (Fsp3) is 0.300. The van der Waals surface area contributed by atoms with E-state index in [0.717, 1.165) is 60.4 Å². The number of hydrogen-bond acceptors (Lipinski definition) is 5. The number of nitrogens with one attached hydrogen (secondary N) is 1. The standard InChI is InChI=1S/C20H22ClN5/c1-2-22-19-17-8-3-4-9-18(17)23-20(24-19)26-12-10-25(11-13-26)16-7-5-6-15(21)14-16/h3-9,14H,2,10-13H2,1H3,(H,22,23,24). The Kier molecular flexibility index (Phi) is 4.80. The van der Waals surface area contributed by atoms with Gasteiger partial charge in [-0.2, -0.15) is 4.98 Å². The SMILES string of the molecule is CCNc1nc(N2CCN(c3cccc(Cl)c3)CC2)nc2ccccc12. The van der Waals surface area contributed by atoms with Crippen LogP contribution in [0, 0.1) is 0 Å². The van der Waals surface area contributed by atoms with Crippen LogP contribution in [0.25, 0.3) is 10.9 Å². The second kappa shape index (κ2) is 7.38. The maximum atomic E-state index is 6.13. The lowest BCUT2D eigenvalue weighted by atomic mass is 10.2. The Labute approximate surface area is 158 Å². The number of hydrogen-bond donors (Lipinski definition) is 1. The number of halogens is 1. The fourth-order valence-electron chi connectivity index (χ4n) is 3.35. The lowest BCUT2D eigenvalue weighted by Crippen LogP contribution is -2.47. The number of rotatable bonds is 4. The minimum absolute atomic E-state index is 0.776. The van der Waals surface area contributed by atoms with Crippen LogP contribution in [0.2, 0.25) is 5.02 Å². The molecule has 1 aliphatic heterocycles. The minimum Gasteiger partial charge on any atom is -0.370 e. The Morgan fingerprint density at radius 3 is 2.50 bits per heavy atom. The molecule has 0 unspecified atom stereocenters. The average molecular weight is 368 g/mol. The molecule has 0 saturated carbocycles. The third-order valence-electron chi connectivity index (χ3n) is 4.67. The van der Waals surface area contributed by atoms with Crippen molar-refractivity contribution >= 4 is 40.0 Å². The second-order valence-electron chi connectivity index (χ2n) is 6.37. The summed E-state index contributed by atoms with van der Waals surface area (Å²) in [5.41, 5.74) is 2.15. The van der Waals surface area contributed by atoms with Crippen molar-refractivity contribution in [3.63, 3.8) is 0 Å². The van der Waals surface area contributed by atoms with Gasteiger partial charge in [0.25, 0.3) is 0 Å². The van der Waals surface area contributed by atoms with Gasteiger partial charge in [-0.05, 0) is 37.3 Å². The molecule has 0 amide bonds. The normalized spacial score (nSPS) is 14.7. The summed E-state index contributed by atoms with van der Waals surface area (Å²) < 4.78 is 0. The average Bonchev–Trinajstić information content (AvgIpc) is 2.68. The number of benzene rings is 2. The first-order valence-electron chi connectivity index (χ1n) is 9.00. The molecule has 0 spiro atoms. The smallest absolute Gasteiger partial charge is 0.228 e. The van der Waals surface area contributed by atoms with Gasteiger partial charge in [-0.25, -0.2) is 4.98 Å². The summed E-state index contributed by atoms with van der Waals surface area (Å²) in [6.07, 6.45) is 0. The highest BCUT2D eigenvalue weighted by Gasteiger charge is 2.20. The number of anilines is 3. The Morgan fingerprint density at radius 1 is 0.962 bits per heavy atom. The fourth-order valence-corrected chi connectivity index (χ4v) is 3.53. The van der Waals surface area contributed by atoms with E-state index >= 15 is 0 Å². The first kappa shape index (κ1) is 16.9. The lowest BCUT2D eigenvalue weighted by Gasteiger charge is -2.36. The van der Waals surface area contributed by atoms with Crippen molar-refractivity contribution in [2.45, 2.75) is 6.92 Å². The summed E-state index contributed by atoms with van der Waals surface area (Å²) in [4.78, 5) is 14.2. The van der Waals surface area contributed by atoms with E-state index in [2.05, 4.69) is 34.2 Å². The van der Waals surface area contributed by atoms with Crippen LogP contribution in [-0.2, 0) is 0 Å². The summed E-state index contributed by atoms with van der Waals surface area (Å²) in [5, 5.41) is 5.21. The van der Waals surface area contributed by atoms with Gasteiger partial charge in [0.15, 0.2) is 0 Å². The highest BCUT2D eigenvalue weighted by atomic mass is 35.5. The van der Waals surface area contributed by atoms with Gasteiger partial charge in [0, 0.05) is 48.8 Å². The van der Waals surface area contributed by atoms with Gasteiger partial charge >= 0.3 is 0 Å². The van der Waals surface area contributed by atoms with Crippen LogP contribution in [0.15, 0.2) is 48.5 Å². The molecule has 5 nitrogen and oxygen atoms in total. The van der Waals surface area contributed by atoms with Gasteiger partial charge in [-0.1, -0.05) is 29.8 Å². The maximum absolute atomic E-state index is 6.13. The highest BCUT2D eigenvalue weighted by molar-refractivity contribution is 6.30. The van der Waals surface area contributed by atoms with E-state index in [1.54, 1.807) is 0 Å². The summed E-state index contributed by atoms with van der Waals surface area (Å²) >= 11 is 6.13. The molecule has 1 saturated heterocycles. The van der Waals surface area contributed by atoms with E-state index < -0.39 is 0 Å². The highest BCUT2D eigenvalue weighted by Crippen LogP contribution is 2.25. The summed E-state index contributed by atoms with van der Waals surface area (Å²) in [7, 11) is 0. The molecule has 1 N–H and O–H groups in total. The molecule has 3 aromatic rings. The minimum atomic E-state index is 0.776. The number of aromatic nitrogens is 2. The van der Waals surface area contributed by atoms with Crippen LogP contribution >= 0.6 is 11.6 Å². The summed E-state index contributed by atoms with van der Waals surface area (Å²) in [6.45, 7) is 6.54. The number of piperazine rings is 1. The molecule has 0 atom stereocenters. The Bertz CT molecular complexity index is 906. The first-order chi connectivity index (χ1) is 12.7. The number of nitrogens with zero attached hydrogens (tertiary/aromatic N) is 4. The van der Waals surface area contributed by atoms with Crippen LogP contribution < -0.4 is 15.1 Å². The summed E-state index contributed by atoms with van der Waals surface area (Å²) in [6, 6.07) is 16.2. The Balaban J connectivity index is 1.55. The van der Waals surface area contributed by atoms with Crippen LogP contribution in [0.4, 0.5) is 17.5 Å². The zero-order valence-corrected chi connectivity index (χ0v) is 15.6. The van der Waals surface area contributed by atoms with Gasteiger partial charge in [-0.3, -0.25) is 0 Å².